The van der Waals surface area contributed by atoms with Gasteiger partial charge in [-0.1, -0.05) is 11.6 Å². The van der Waals surface area contributed by atoms with Crippen molar-refractivity contribution in [1.29, 1.82) is 0 Å². The van der Waals surface area contributed by atoms with E-state index in [1.807, 2.05) is 0 Å². The van der Waals surface area contributed by atoms with Crippen molar-refractivity contribution in [3.8, 4) is 0 Å². The largest absolute Gasteiger partial charge is 0.469 e. The van der Waals surface area contributed by atoms with Crippen molar-refractivity contribution in [1.82, 2.24) is 5.32 Å². The average Bonchev–Trinajstić information content (AvgIpc) is 2.37. The number of hydrogen-bond donors (Lipinski definition) is 1. The van der Waals surface area contributed by atoms with Gasteiger partial charge in [-0.25, -0.2) is 0 Å². The lowest BCUT2D eigenvalue weighted by Crippen LogP contribution is -2.25. The molecular weight excluding hydrogens is 381 g/mol. The van der Waals surface area contributed by atoms with Gasteiger partial charge < -0.3 is 10.1 Å². The van der Waals surface area contributed by atoms with Gasteiger partial charge in [0.25, 0.3) is 5.91 Å². The number of unbranched alkanes of at least 4 members (excludes halogenated alkanes) is 1. The van der Waals surface area contributed by atoms with Crippen molar-refractivity contribution in [2.75, 3.05) is 13.7 Å². The number of amides is 1. The van der Waals surface area contributed by atoms with E-state index < -0.39 is 0 Å². The average molecular weight is 396 g/mol. The fourth-order valence-corrected chi connectivity index (χ4v) is 2.58. The molecule has 1 rings (SSSR count). The van der Waals surface area contributed by atoms with Crippen LogP contribution in [0.15, 0.2) is 18.2 Å². The third kappa shape index (κ3) is 5.78. The summed E-state index contributed by atoms with van der Waals surface area (Å²) in [4.78, 5) is 22.8. The molecule has 0 aliphatic heterocycles. The minimum absolute atomic E-state index is 0.126. The molecule has 0 atom stereocenters. The third-order valence-corrected chi connectivity index (χ3v) is 3.62. The Labute approximate surface area is 131 Å². The molecule has 0 aliphatic carbocycles. The fourth-order valence-electron chi connectivity index (χ4n) is 1.47. The Balaban J connectivity index is 2.33. The van der Waals surface area contributed by atoms with Crippen molar-refractivity contribution in [2.45, 2.75) is 19.3 Å². The van der Waals surface area contributed by atoms with Gasteiger partial charge in [-0.3, -0.25) is 9.59 Å². The number of esters is 1. The Bertz CT molecular complexity index is 465. The summed E-state index contributed by atoms with van der Waals surface area (Å²) in [7, 11) is 1.37. The molecule has 6 heteroatoms. The summed E-state index contributed by atoms with van der Waals surface area (Å²) in [6.07, 6.45) is 1.82. The molecule has 104 valence electrons. The van der Waals surface area contributed by atoms with E-state index in [1.54, 1.807) is 18.2 Å². The highest BCUT2D eigenvalue weighted by Crippen LogP contribution is 2.17. The minimum atomic E-state index is -0.224. The van der Waals surface area contributed by atoms with Crippen LogP contribution in [-0.4, -0.2) is 25.5 Å². The van der Waals surface area contributed by atoms with E-state index in [9.17, 15) is 9.59 Å². The van der Waals surface area contributed by atoms with Crippen molar-refractivity contribution in [2.24, 2.45) is 0 Å². The second-order valence-electron chi connectivity index (χ2n) is 3.91. The molecule has 1 amide bonds. The Morgan fingerprint density at radius 3 is 2.74 bits per heavy atom. The molecule has 0 unspecified atom stereocenters. The summed E-state index contributed by atoms with van der Waals surface area (Å²) >= 11 is 7.91. The van der Waals surface area contributed by atoms with Gasteiger partial charge in [0.05, 0.1) is 12.7 Å². The molecular formula is C13H15ClINO3. The molecule has 19 heavy (non-hydrogen) atoms. The molecule has 0 aromatic heterocycles. The van der Waals surface area contributed by atoms with Gasteiger partial charge in [0.1, 0.15) is 0 Å². The Kier molecular flexibility index (Phi) is 7.15. The highest BCUT2D eigenvalue weighted by Gasteiger charge is 2.09. The van der Waals surface area contributed by atoms with E-state index in [4.69, 9.17) is 11.6 Å². The summed E-state index contributed by atoms with van der Waals surface area (Å²) in [6.45, 7) is 0.536. The number of methoxy groups -OCH3 is 1. The van der Waals surface area contributed by atoms with E-state index >= 15 is 0 Å². The quantitative estimate of drug-likeness (QED) is 0.458. The zero-order chi connectivity index (χ0) is 14.3. The number of halogens is 2. The summed E-state index contributed by atoms with van der Waals surface area (Å²) in [5.41, 5.74) is 0.609. The standard InChI is InChI=1S/C13H15ClINO3/c1-19-12(17)4-2-3-7-16-13(18)10-6-5-9(14)8-11(10)15/h5-6,8H,2-4,7H2,1H3,(H,16,18). The Hall–Kier alpha value is -0.820. The van der Waals surface area contributed by atoms with E-state index in [1.165, 1.54) is 7.11 Å². The maximum atomic E-state index is 11.9. The summed E-state index contributed by atoms with van der Waals surface area (Å²) in [5.74, 6) is -0.349. The first-order valence-corrected chi connectivity index (χ1v) is 7.30. The lowest BCUT2D eigenvalue weighted by molar-refractivity contribution is -0.140. The first kappa shape index (κ1) is 16.2. The Morgan fingerprint density at radius 2 is 2.11 bits per heavy atom. The van der Waals surface area contributed by atoms with Crippen LogP contribution < -0.4 is 5.32 Å². The zero-order valence-corrected chi connectivity index (χ0v) is 13.5. The summed E-state index contributed by atoms with van der Waals surface area (Å²) in [6, 6.07) is 5.14. The van der Waals surface area contributed by atoms with Crippen molar-refractivity contribution < 1.29 is 14.3 Å². The number of benzene rings is 1. The van der Waals surface area contributed by atoms with E-state index in [2.05, 4.69) is 32.6 Å². The predicted molar refractivity (Wildman–Crippen MR) is 82.4 cm³/mol. The molecule has 4 nitrogen and oxygen atoms in total. The first-order valence-electron chi connectivity index (χ1n) is 5.84. The van der Waals surface area contributed by atoms with Crippen LogP contribution in [0.3, 0.4) is 0 Å². The number of nitrogens with one attached hydrogen (secondary N) is 1. The summed E-state index contributed by atoms with van der Waals surface area (Å²) in [5, 5.41) is 3.42. The fraction of sp³-hybridized carbons (Fsp3) is 0.385. The second-order valence-corrected chi connectivity index (χ2v) is 5.51. The maximum Gasteiger partial charge on any atom is 0.305 e. The van der Waals surface area contributed by atoms with Crippen LogP contribution in [0, 0.1) is 3.57 Å². The van der Waals surface area contributed by atoms with Gasteiger partial charge in [0.2, 0.25) is 0 Å². The van der Waals surface area contributed by atoms with Gasteiger partial charge in [0.15, 0.2) is 0 Å². The van der Waals surface area contributed by atoms with Crippen molar-refractivity contribution >= 4 is 46.1 Å². The molecule has 0 heterocycles. The van der Waals surface area contributed by atoms with Crippen LogP contribution in [-0.2, 0) is 9.53 Å². The Morgan fingerprint density at radius 1 is 1.37 bits per heavy atom. The van der Waals surface area contributed by atoms with Gasteiger partial charge in [0, 0.05) is 21.6 Å². The topological polar surface area (TPSA) is 55.4 Å². The molecule has 0 aliphatic rings. The van der Waals surface area contributed by atoms with Crippen molar-refractivity contribution in [3.05, 3.63) is 32.4 Å². The highest BCUT2D eigenvalue weighted by atomic mass is 127. The third-order valence-electron chi connectivity index (χ3n) is 2.50. The number of carbonyl (C=O) groups is 2. The smallest absolute Gasteiger partial charge is 0.305 e. The maximum absolute atomic E-state index is 11.9. The highest BCUT2D eigenvalue weighted by molar-refractivity contribution is 14.1. The van der Waals surface area contributed by atoms with Crippen molar-refractivity contribution in [3.63, 3.8) is 0 Å². The van der Waals surface area contributed by atoms with Crippen LogP contribution in [0.2, 0.25) is 5.02 Å². The number of hydrogen-bond acceptors (Lipinski definition) is 3. The van der Waals surface area contributed by atoms with E-state index in [-0.39, 0.29) is 11.9 Å². The number of carbonyl (C=O) groups excluding carboxylic acids is 2. The van der Waals surface area contributed by atoms with E-state index in [0.29, 0.717) is 30.0 Å². The molecule has 1 aromatic rings. The van der Waals surface area contributed by atoms with Gasteiger partial charge in [-0.15, -0.1) is 0 Å². The molecule has 0 radical (unpaired) electrons. The predicted octanol–water partition coefficient (Wildman–Crippen LogP) is 3.02. The SMILES string of the molecule is COC(=O)CCCCNC(=O)c1ccc(Cl)cc1I. The molecule has 0 fully saturated rings. The van der Waals surface area contributed by atoms with Gasteiger partial charge >= 0.3 is 5.97 Å². The van der Waals surface area contributed by atoms with Crippen LogP contribution in [0.1, 0.15) is 29.6 Å². The zero-order valence-electron chi connectivity index (χ0n) is 10.5. The van der Waals surface area contributed by atoms with Gasteiger partial charge in [-0.2, -0.15) is 0 Å². The first-order chi connectivity index (χ1) is 9.04. The van der Waals surface area contributed by atoms with E-state index in [0.717, 1.165) is 9.99 Å². The summed E-state index contributed by atoms with van der Waals surface area (Å²) < 4.78 is 5.35. The normalized spacial score (nSPS) is 10.1. The van der Waals surface area contributed by atoms with Crippen LogP contribution in [0.5, 0.6) is 0 Å². The monoisotopic (exact) mass is 395 g/mol. The minimum Gasteiger partial charge on any atom is -0.469 e. The van der Waals surface area contributed by atoms with Crippen LogP contribution >= 0.6 is 34.2 Å². The van der Waals surface area contributed by atoms with Crippen LogP contribution in [0.4, 0.5) is 0 Å². The number of ether oxygens (including phenoxy) is 1. The molecule has 0 saturated heterocycles. The number of rotatable bonds is 6. The second kappa shape index (κ2) is 8.37. The molecule has 1 aromatic carbocycles. The lowest BCUT2D eigenvalue weighted by Gasteiger charge is -2.07. The molecule has 0 saturated carbocycles. The molecule has 0 bridgehead atoms. The molecule has 0 spiro atoms. The van der Waals surface area contributed by atoms with Gasteiger partial charge in [-0.05, 0) is 53.6 Å². The molecule has 1 N–H and O–H groups in total. The van der Waals surface area contributed by atoms with Crippen LogP contribution in [0.25, 0.3) is 0 Å². The lowest BCUT2D eigenvalue weighted by atomic mass is 10.2.